The molecule has 0 atom stereocenters. The zero-order valence-corrected chi connectivity index (χ0v) is 13.2. The summed E-state index contributed by atoms with van der Waals surface area (Å²) in [6.07, 6.45) is 1.45. The van der Waals surface area contributed by atoms with Gasteiger partial charge in [0.2, 0.25) is 5.91 Å². The number of anilines is 1. The van der Waals surface area contributed by atoms with Crippen molar-refractivity contribution < 1.29 is 14.0 Å². The Hall–Kier alpha value is -2.56. The number of furan rings is 1. The molecular weight excluding hydrogens is 280 g/mol. The predicted molar refractivity (Wildman–Crippen MR) is 85.1 cm³/mol. The first-order valence-corrected chi connectivity index (χ1v) is 7.08. The minimum Gasteiger partial charge on any atom is -0.459 e. The second-order valence-electron chi connectivity index (χ2n) is 5.44. The first-order valence-electron chi connectivity index (χ1n) is 7.08. The number of aryl methyl sites for hydroxylation is 4. The Bertz CT molecular complexity index is 693. The standard InChI is InChI=1S/C17H20N2O3/c1-10-7-12(3)15(13(4)8-10)19-14(20)9-18-17(21)16-11(2)5-6-22-16/h5-8H,9H2,1-4H3,(H,18,21)(H,19,20). The van der Waals surface area contributed by atoms with E-state index in [1.165, 1.54) is 6.26 Å². The molecule has 5 heteroatoms. The highest BCUT2D eigenvalue weighted by molar-refractivity contribution is 5.99. The van der Waals surface area contributed by atoms with E-state index in [1.54, 1.807) is 13.0 Å². The second kappa shape index (κ2) is 6.47. The number of rotatable bonds is 4. The van der Waals surface area contributed by atoms with Gasteiger partial charge in [0.15, 0.2) is 5.76 Å². The van der Waals surface area contributed by atoms with Crippen molar-refractivity contribution >= 4 is 17.5 Å². The highest BCUT2D eigenvalue weighted by Gasteiger charge is 2.14. The van der Waals surface area contributed by atoms with Crippen LogP contribution in [-0.2, 0) is 4.79 Å². The van der Waals surface area contributed by atoms with Gasteiger partial charge in [0.25, 0.3) is 5.91 Å². The summed E-state index contributed by atoms with van der Waals surface area (Å²) in [6.45, 7) is 7.57. The molecule has 1 heterocycles. The van der Waals surface area contributed by atoms with Gasteiger partial charge in [-0.3, -0.25) is 9.59 Å². The molecule has 0 bridgehead atoms. The van der Waals surface area contributed by atoms with Crippen LogP contribution in [0.2, 0.25) is 0 Å². The Balaban J connectivity index is 1.97. The van der Waals surface area contributed by atoms with E-state index in [0.717, 1.165) is 27.9 Å². The van der Waals surface area contributed by atoms with Crippen LogP contribution in [0.3, 0.4) is 0 Å². The van der Waals surface area contributed by atoms with Crippen molar-refractivity contribution in [3.63, 3.8) is 0 Å². The maximum atomic E-state index is 12.0. The Morgan fingerprint density at radius 1 is 1.05 bits per heavy atom. The molecule has 0 saturated heterocycles. The van der Waals surface area contributed by atoms with Gasteiger partial charge in [-0.1, -0.05) is 17.7 Å². The van der Waals surface area contributed by atoms with Gasteiger partial charge in [-0.2, -0.15) is 0 Å². The van der Waals surface area contributed by atoms with E-state index < -0.39 is 5.91 Å². The lowest BCUT2D eigenvalue weighted by molar-refractivity contribution is -0.115. The normalized spacial score (nSPS) is 10.4. The van der Waals surface area contributed by atoms with E-state index in [0.29, 0.717) is 0 Å². The van der Waals surface area contributed by atoms with Crippen LogP contribution >= 0.6 is 0 Å². The van der Waals surface area contributed by atoms with Crippen molar-refractivity contribution in [1.82, 2.24) is 5.32 Å². The fourth-order valence-electron chi connectivity index (χ4n) is 2.41. The molecule has 0 aliphatic rings. The molecule has 0 fully saturated rings. The molecule has 2 rings (SSSR count). The van der Waals surface area contributed by atoms with Gasteiger partial charge in [-0.05, 0) is 44.9 Å². The molecule has 1 aromatic carbocycles. The van der Waals surface area contributed by atoms with Crippen LogP contribution in [0.4, 0.5) is 5.69 Å². The van der Waals surface area contributed by atoms with Crippen molar-refractivity contribution in [1.29, 1.82) is 0 Å². The van der Waals surface area contributed by atoms with Crippen LogP contribution in [-0.4, -0.2) is 18.4 Å². The second-order valence-corrected chi connectivity index (χ2v) is 5.44. The summed E-state index contributed by atoms with van der Waals surface area (Å²) < 4.78 is 5.08. The van der Waals surface area contributed by atoms with Crippen molar-refractivity contribution in [2.75, 3.05) is 11.9 Å². The third-order valence-electron chi connectivity index (χ3n) is 3.42. The number of carbonyl (C=O) groups excluding carboxylic acids is 2. The van der Waals surface area contributed by atoms with E-state index in [-0.39, 0.29) is 18.2 Å². The highest BCUT2D eigenvalue weighted by Crippen LogP contribution is 2.21. The molecule has 22 heavy (non-hydrogen) atoms. The molecule has 5 nitrogen and oxygen atoms in total. The average Bonchev–Trinajstić information content (AvgIpc) is 2.86. The van der Waals surface area contributed by atoms with Crippen LogP contribution in [0.1, 0.15) is 32.8 Å². The molecule has 116 valence electrons. The molecular formula is C17H20N2O3. The Morgan fingerprint density at radius 2 is 1.68 bits per heavy atom. The minimum atomic E-state index is -0.394. The smallest absolute Gasteiger partial charge is 0.287 e. The van der Waals surface area contributed by atoms with Crippen LogP contribution in [0.5, 0.6) is 0 Å². The van der Waals surface area contributed by atoms with E-state index in [2.05, 4.69) is 10.6 Å². The summed E-state index contributed by atoms with van der Waals surface area (Å²) in [5, 5.41) is 5.39. The third kappa shape index (κ3) is 3.55. The number of hydrogen-bond donors (Lipinski definition) is 2. The molecule has 2 aromatic rings. The first kappa shape index (κ1) is 15.8. The lowest BCUT2D eigenvalue weighted by atomic mass is 10.1. The van der Waals surface area contributed by atoms with Crippen LogP contribution < -0.4 is 10.6 Å². The van der Waals surface area contributed by atoms with E-state index in [9.17, 15) is 9.59 Å². The lowest BCUT2D eigenvalue weighted by Gasteiger charge is -2.13. The average molecular weight is 300 g/mol. The van der Waals surface area contributed by atoms with E-state index in [1.807, 2.05) is 32.9 Å². The van der Waals surface area contributed by atoms with E-state index in [4.69, 9.17) is 4.42 Å². The summed E-state index contributed by atoms with van der Waals surface area (Å²) in [5.74, 6) is -0.432. The molecule has 2 N–H and O–H groups in total. The molecule has 0 aliphatic carbocycles. The topological polar surface area (TPSA) is 71.3 Å². The fraction of sp³-hybridized carbons (Fsp3) is 0.294. The number of nitrogens with one attached hydrogen (secondary N) is 2. The summed E-state index contributed by atoms with van der Waals surface area (Å²) in [6, 6.07) is 5.72. The van der Waals surface area contributed by atoms with Crippen molar-refractivity contribution in [3.05, 3.63) is 52.5 Å². The monoisotopic (exact) mass is 300 g/mol. The van der Waals surface area contributed by atoms with Gasteiger partial charge in [0.1, 0.15) is 0 Å². The highest BCUT2D eigenvalue weighted by atomic mass is 16.3. The Labute approximate surface area is 129 Å². The van der Waals surface area contributed by atoms with Crippen molar-refractivity contribution in [2.45, 2.75) is 27.7 Å². The lowest BCUT2D eigenvalue weighted by Crippen LogP contribution is -2.33. The quantitative estimate of drug-likeness (QED) is 0.912. The molecule has 1 aromatic heterocycles. The van der Waals surface area contributed by atoms with Gasteiger partial charge < -0.3 is 15.1 Å². The van der Waals surface area contributed by atoms with Gasteiger partial charge in [0, 0.05) is 11.3 Å². The largest absolute Gasteiger partial charge is 0.459 e. The van der Waals surface area contributed by atoms with Gasteiger partial charge >= 0.3 is 0 Å². The number of benzene rings is 1. The predicted octanol–water partition coefficient (Wildman–Crippen LogP) is 2.88. The van der Waals surface area contributed by atoms with Crippen LogP contribution in [0.15, 0.2) is 28.9 Å². The number of carbonyl (C=O) groups is 2. The van der Waals surface area contributed by atoms with Crippen molar-refractivity contribution in [3.8, 4) is 0 Å². The summed E-state index contributed by atoms with van der Waals surface area (Å²) in [7, 11) is 0. The molecule has 0 spiro atoms. The van der Waals surface area contributed by atoms with Crippen LogP contribution in [0, 0.1) is 27.7 Å². The fourth-order valence-corrected chi connectivity index (χ4v) is 2.41. The Kier molecular flexibility index (Phi) is 4.65. The molecule has 0 saturated carbocycles. The Morgan fingerprint density at radius 3 is 2.23 bits per heavy atom. The summed E-state index contributed by atoms with van der Waals surface area (Å²) >= 11 is 0. The minimum absolute atomic E-state index is 0.105. The first-order chi connectivity index (χ1) is 10.4. The van der Waals surface area contributed by atoms with Crippen molar-refractivity contribution in [2.24, 2.45) is 0 Å². The molecule has 2 amide bonds. The van der Waals surface area contributed by atoms with E-state index >= 15 is 0 Å². The third-order valence-corrected chi connectivity index (χ3v) is 3.42. The van der Waals surface area contributed by atoms with Gasteiger partial charge in [0.05, 0.1) is 12.8 Å². The zero-order valence-electron chi connectivity index (χ0n) is 13.2. The van der Waals surface area contributed by atoms with Gasteiger partial charge in [-0.25, -0.2) is 0 Å². The summed E-state index contributed by atoms with van der Waals surface area (Å²) in [5.41, 5.74) is 4.68. The number of amides is 2. The molecule has 0 unspecified atom stereocenters. The van der Waals surface area contributed by atoms with Gasteiger partial charge in [-0.15, -0.1) is 0 Å². The maximum absolute atomic E-state index is 12.0. The van der Waals surface area contributed by atoms with Crippen LogP contribution in [0.25, 0.3) is 0 Å². The summed E-state index contributed by atoms with van der Waals surface area (Å²) in [4.78, 5) is 23.9. The maximum Gasteiger partial charge on any atom is 0.287 e. The SMILES string of the molecule is Cc1cc(C)c(NC(=O)CNC(=O)c2occc2C)c(C)c1. The molecule has 0 aliphatic heterocycles. The zero-order chi connectivity index (χ0) is 16.3. The number of hydrogen-bond acceptors (Lipinski definition) is 3. The molecule has 0 radical (unpaired) electrons.